The molecule has 0 aromatic heterocycles. The zero-order valence-corrected chi connectivity index (χ0v) is 13.1. The predicted octanol–water partition coefficient (Wildman–Crippen LogP) is 5.76. The first-order valence-corrected chi connectivity index (χ1v) is 7.52. The highest BCUT2D eigenvalue weighted by Gasteiger charge is 2.58. The molecule has 3 aromatic carbocycles. The van der Waals surface area contributed by atoms with Crippen LogP contribution >= 0.6 is 23.2 Å². The van der Waals surface area contributed by atoms with Crippen LogP contribution in [0.3, 0.4) is 0 Å². The van der Waals surface area contributed by atoms with E-state index in [0.717, 1.165) is 0 Å². The zero-order chi connectivity index (χ0) is 16.8. The number of rotatable bonds is 2. The van der Waals surface area contributed by atoms with Crippen molar-refractivity contribution in [2.75, 3.05) is 0 Å². The van der Waals surface area contributed by atoms with Gasteiger partial charge >= 0.3 is 6.18 Å². The molecule has 0 saturated heterocycles. The first-order valence-electron chi connectivity index (χ1n) is 6.76. The normalized spacial score (nSPS) is 14.3. The fourth-order valence-electron chi connectivity index (χ4n) is 2.68. The number of alkyl halides is 5. The molecule has 0 fully saturated rings. The molecule has 1 nitrogen and oxygen atoms in total. The predicted molar refractivity (Wildman–Crippen MR) is 86.9 cm³/mol. The monoisotopic (exact) mass is 358 g/mol. The summed E-state index contributed by atoms with van der Waals surface area (Å²) in [5.41, 5.74) is 0.0704. The van der Waals surface area contributed by atoms with Gasteiger partial charge in [0.05, 0.1) is 0 Å². The maximum Gasteiger partial charge on any atom is 0.424 e. The van der Waals surface area contributed by atoms with Crippen LogP contribution in [0.5, 0.6) is 0 Å². The molecule has 0 bridgehead atoms. The molecular weight excluding hydrogens is 348 g/mol. The number of hydrogen-bond donors (Lipinski definition) is 1. The molecule has 3 aromatic rings. The number of fused-ring (bicyclic) bond motifs is 2. The number of aliphatic hydroxyl groups is 1. The summed E-state index contributed by atoms with van der Waals surface area (Å²) in [5, 5.41) is 12.8. The topological polar surface area (TPSA) is 20.2 Å². The van der Waals surface area contributed by atoms with E-state index in [1.165, 1.54) is 0 Å². The summed E-state index contributed by atoms with van der Waals surface area (Å²) in [6, 6.07) is 15.6. The highest BCUT2D eigenvalue weighted by molar-refractivity contribution is 6.49. The van der Waals surface area contributed by atoms with E-state index in [-0.39, 0.29) is 5.56 Å². The Morgan fingerprint density at radius 3 is 1.70 bits per heavy atom. The molecule has 0 saturated carbocycles. The van der Waals surface area contributed by atoms with Gasteiger partial charge in [0.25, 0.3) is 0 Å². The molecule has 120 valence electrons. The molecule has 0 aliphatic rings. The van der Waals surface area contributed by atoms with Gasteiger partial charge in [-0.2, -0.15) is 13.2 Å². The summed E-state index contributed by atoms with van der Waals surface area (Å²) in [5.74, 6) is 0. The molecular formula is C17H11Cl2F3O. The number of hydrogen-bond acceptors (Lipinski definition) is 1. The average Bonchev–Trinajstić information content (AvgIpc) is 2.50. The Morgan fingerprint density at radius 1 is 0.826 bits per heavy atom. The third-order valence-electron chi connectivity index (χ3n) is 3.81. The molecule has 0 amide bonds. The van der Waals surface area contributed by atoms with Crippen molar-refractivity contribution in [3.8, 4) is 0 Å². The van der Waals surface area contributed by atoms with E-state index in [9.17, 15) is 18.3 Å². The Kier molecular flexibility index (Phi) is 3.95. The summed E-state index contributed by atoms with van der Waals surface area (Å²) < 4.78 is 36.1. The van der Waals surface area contributed by atoms with Gasteiger partial charge in [0.15, 0.2) is 0 Å². The molecule has 0 heterocycles. The summed E-state index contributed by atoms with van der Waals surface area (Å²) >= 11 is 11.0. The van der Waals surface area contributed by atoms with Crippen molar-refractivity contribution < 1.29 is 18.3 Å². The fraction of sp³-hybridized carbons (Fsp3) is 0.176. The molecule has 1 atom stereocenters. The van der Waals surface area contributed by atoms with E-state index in [2.05, 4.69) is 0 Å². The second-order valence-corrected chi connectivity index (χ2v) is 6.64. The number of halogens is 5. The molecule has 23 heavy (non-hydrogen) atoms. The van der Waals surface area contributed by atoms with Gasteiger partial charge in [-0.15, -0.1) is 0 Å². The SMILES string of the molecule is OC(c1c2ccccc2cc2ccccc12)C(Cl)(Cl)C(F)(F)F. The van der Waals surface area contributed by atoms with Crippen molar-refractivity contribution >= 4 is 44.7 Å². The van der Waals surface area contributed by atoms with Gasteiger partial charge < -0.3 is 5.11 Å². The van der Waals surface area contributed by atoms with Crippen molar-refractivity contribution in [2.24, 2.45) is 0 Å². The highest BCUT2D eigenvalue weighted by Crippen LogP contribution is 2.50. The molecule has 0 spiro atoms. The summed E-state index contributed by atoms with van der Waals surface area (Å²) in [6.45, 7) is 0. The van der Waals surface area contributed by atoms with E-state index < -0.39 is 16.6 Å². The van der Waals surface area contributed by atoms with Gasteiger partial charge in [0, 0.05) is 0 Å². The Hall–Kier alpha value is -1.49. The minimum Gasteiger partial charge on any atom is -0.385 e. The Labute approximate surface area is 140 Å². The van der Waals surface area contributed by atoms with Crippen LogP contribution in [0.15, 0.2) is 54.6 Å². The molecule has 1 unspecified atom stereocenters. The van der Waals surface area contributed by atoms with Crippen LogP contribution in [0.2, 0.25) is 0 Å². The minimum absolute atomic E-state index is 0.0704. The van der Waals surface area contributed by atoms with Crippen molar-refractivity contribution in [1.29, 1.82) is 0 Å². The Bertz CT molecular complexity index is 820. The van der Waals surface area contributed by atoms with Crippen molar-refractivity contribution in [3.63, 3.8) is 0 Å². The molecule has 6 heteroatoms. The maximum absolute atomic E-state index is 13.1. The van der Waals surface area contributed by atoms with Gasteiger partial charge in [-0.3, -0.25) is 0 Å². The lowest BCUT2D eigenvalue weighted by Crippen LogP contribution is -2.40. The lowest BCUT2D eigenvalue weighted by molar-refractivity contribution is -0.162. The number of aliphatic hydroxyl groups excluding tert-OH is 1. The van der Waals surface area contributed by atoms with Crippen LogP contribution < -0.4 is 0 Å². The van der Waals surface area contributed by atoms with E-state index in [1.807, 2.05) is 6.07 Å². The number of benzene rings is 3. The lowest BCUT2D eigenvalue weighted by atomic mass is 9.92. The molecule has 0 aliphatic carbocycles. The van der Waals surface area contributed by atoms with Gasteiger partial charge in [-0.25, -0.2) is 0 Å². The lowest BCUT2D eigenvalue weighted by Gasteiger charge is -2.29. The van der Waals surface area contributed by atoms with Crippen LogP contribution in [-0.4, -0.2) is 15.6 Å². The van der Waals surface area contributed by atoms with E-state index in [1.54, 1.807) is 48.5 Å². The van der Waals surface area contributed by atoms with Gasteiger partial charge in [0.1, 0.15) is 6.10 Å². The van der Waals surface area contributed by atoms with Crippen LogP contribution in [0.4, 0.5) is 13.2 Å². The molecule has 0 radical (unpaired) electrons. The highest BCUT2D eigenvalue weighted by atomic mass is 35.5. The van der Waals surface area contributed by atoms with E-state index in [0.29, 0.717) is 21.5 Å². The van der Waals surface area contributed by atoms with Gasteiger partial charge in [-0.05, 0) is 33.2 Å². The summed E-state index contributed by atoms with van der Waals surface area (Å²) in [6.07, 6.45) is -7.10. The van der Waals surface area contributed by atoms with E-state index >= 15 is 0 Å². The smallest absolute Gasteiger partial charge is 0.385 e. The van der Waals surface area contributed by atoms with Crippen LogP contribution in [0, 0.1) is 0 Å². The Morgan fingerprint density at radius 2 is 1.26 bits per heavy atom. The second-order valence-electron chi connectivity index (χ2n) is 5.26. The third-order valence-corrected chi connectivity index (χ3v) is 4.65. The first-order chi connectivity index (χ1) is 10.7. The van der Waals surface area contributed by atoms with Crippen molar-refractivity contribution in [1.82, 2.24) is 0 Å². The van der Waals surface area contributed by atoms with Crippen LogP contribution in [-0.2, 0) is 0 Å². The maximum atomic E-state index is 13.1. The largest absolute Gasteiger partial charge is 0.424 e. The average molecular weight is 359 g/mol. The van der Waals surface area contributed by atoms with Crippen molar-refractivity contribution in [2.45, 2.75) is 16.6 Å². The third kappa shape index (κ3) is 2.65. The summed E-state index contributed by atoms with van der Waals surface area (Å²) in [7, 11) is 0. The molecule has 1 N–H and O–H groups in total. The van der Waals surface area contributed by atoms with E-state index in [4.69, 9.17) is 23.2 Å². The minimum atomic E-state index is -4.98. The van der Waals surface area contributed by atoms with Crippen molar-refractivity contribution in [3.05, 3.63) is 60.2 Å². The van der Waals surface area contributed by atoms with Crippen LogP contribution in [0.25, 0.3) is 21.5 Å². The zero-order valence-electron chi connectivity index (χ0n) is 11.6. The van der Waals surface area contributed by atoms with Crippen LogP contribution in [0.1, 0.15) is 11.7 Å². The fourth-order valence-corrected chi connectivity index (χ4v) is 2.90. The molecule has 0 aliphatic heterocycles. The molecule has 3 rings (SSSR count). The second kappa shape index (κ2) is 5.55. The van der Waals surface area contributed by atoms with Gasteiger partial charge in [0.2, 0.25) is 4.33 Å². The summed E-state index contributed by atoms with van der Waals surface area (Å²) in [4.78, 5) is 0. The Balaban J connectivity index is 2.37. The quantitative estimate of drug-likeness (QED) is 0.455. The standard InChI is InChI=1S/C17H11Cl2F3O/c18-16(19,17(20,21)22)15(23)14-12-7-3-1-5-10(12)9-11-6-2-4-8-13(11)14/h1-9,15,23H. The van der Waals surface area contributed by atoms with Gasteiger partial charge in [-0.1, -0.05) is 71.7 Å². The first kappa shape index (κ1) is 16.4.